The summed E-state index contributed by atoms with van der Waals surface area (Å²) in [5.41, 5.74) is -0.551. The molecule has 0 spiro atoms. The summed E-state index contributed by atoms with van der Waals surface area (Å²) in [4.78, 5) is 47.1. The van der Waals surface area contributed by atoms with Crippen LogP contribution in [0.2, 0.25) is 0 Å². The van der Waals surface area contributed by atoms with Crippen LogP contribution in [0.3, 0.4) is 0 Å². The molecule has 4 rings (SSSR count). The summed E-state index contributed by atoms with van der Waals surface area (Å²) >= 11 is 0. The number of carbonyl (C=O) groups is 3. The topological polar surface area (TPSA) is 117 Å². The highest BCUT2D eigenvalue weighted by Crippen LogP contribution is 2.17. The third-order valence-electron chi connectivity index (χ3n) is 5.17. The molecule has 170 valence electrons. The number of nitrogens with one attached hydrogen (secondary N) is 2. The molecule has 2 aromatic heterocycles. The van der Waals surface area contributed by atoms with Crippen molar-refractivity contribution in [1.29, 1.82) is 0 Å². The van der Waals surface area contributed by atoms with Crippen LogP contribution >= 0.6 is 0 Å². The van der Waals surface area contributed by atoms with E-state index >= 15 is 0 Å². The Morgan fingerprint density at radius 1 is 1.03 bits per heavy atom. The molecule has 9 nitrogen and oxygen atoms in total. The lowest BCUT2D eigenvalue weighted by Gasteiger charge is -2.31. The lowest BCUT2D eigenvalue weighted by atomic mass is 10.0. The molecule has 11 heteroatoms. The normalized spacial score (nSPS) is 14.1. The molecule has 1 aliphatic rings. The summed E-state index contributed by atoms with van der Waals surface area (Å²) in [6.07, 6.45) is 5.02. The second-order valence-corrected chi connectivity index (χ2v) is 7.35. The van der Waals surface area contributed by atoms with Crippen LogP contribution in [0.15, 0.2) is 53.4 Å². The number of halogens is 2. The summed E-state index contributed by atoms with van der Waals surface area (Å²) in [5.74, 6) is -3.44. The van der Waals surface area contributed by atoms with Gasteiger partial charge >= 0.3 is 0 Å². The molecule has 3 aromatic rings. The maximum atomic E-state index is 13.9. The highest BCUT2D eigenvalue weighted by Gasteiger charge is 2.27. The monoisotopic (exact) mass is 455 g/mol. The van der Waals surface area contributed by atoms with Gasteiger partial charge in [0.05, 0.1) is 11.8 Å². The van der Waals surface area contributed by atoms with Crippen molar-refractivity contribution in [3.05, 3.63) is 77.6 Å². The zero-order valence-corrected chi connectivity index (χ0v) is 17.3. The maximum Gasteiger partial charge on any atom is 0.289 e. The molecule has 1 aromatic carbocycles. The predicted octanol–water partition coefficient (Wildman–Crippen LogP) is 2.63. The van der Waals surface area contributed by atoms with Gasteiger partial charge in [0, 0.05) is 37.6 Å². The van der Waals surface area contributed by atoms with Gasteiger partial charge in [-0.05, 0) is 37.1 Å². The van der Waals surface area contributed by atoms with Crippen LogP contribution in [0.1, 0.15) is 44.2 Å². The van der Waals surface area contributed by atoms with E-state index in [1.54, 1.807) is 17.0 Å². The fourth-order valence-corrected chi connectivity index (χ4v) is 3.48. The number of aromatic nitrogens is 2. The Morgan fingerprint density at radius 3 is 2.48 bits per heavy atom. The number of amides is 3. The zero-order valence-electron chi connectivity index (χ0n) is 17.3. The Kier molecular flexibility index (Phi) is 6.38. The maximum absolute atomic E-state index is 13.9. The molecular formula is C22H19F2N5O4. The minimum absolute atomic E-state index is 0.150. The zero-order chi connectivity index (χ0) is 23.4. The summed E-state index contributed by atoms with van der Waals surface area (Å²) in [6, 6.07) is 5.54. The van der Waals surface area contributed by atoms with Gasteiger partial charge in [-0.15, -0.1) is 0 Å². The fraction of sp³-hybridized carbons (Fsp3) is 0.227. The van der Waals surface area contributed by atoms with Crippen molar-refractivity contribution >= 4 is 23.5 Å². The highest BCUT2D eigenvalue weighted by atomic mass is 19.1. The second kappa shape index (κ2) is 9.55. The largest absolute Gasteiger partial charge is 0.459 e. The minimum atomic E-state index is -1.04. The van der Waals surface area contributed by atoms with Gasteiger partial charge in [0.1, 0.15) is 11.6 Å². The standard InChI is InChI=1S/C22H19F2N5O4/c23-13-3-4-15(16(24)12-13)20(30)28-19-18(25-7-8-26-19)21(31)27-14-5-9-29(10-6-14)22(32)17-2-1-11-33-17/h1-4,7-8,11-12,14H,5-6,9-10H2,(H,27,31)(H,26,28,30). The van der Waals surface area contributed by atoms with Crippen molar-refractivity contribution in [2.24, 2.45) is 0 Å². The number of anilines is 1. The number of furan rings is 1. The molecule has 1 fully saturated rings. The van der Waals surface area contributed by atoms with Crippen LogP contribution in [-0.4, -0.2) is 51.7 Å². The third-order valence-corrected chi connectivity index (χ3v) is 5.17. The number of likely N-dealkylation sites (tertiary alicyclic amines) is 1. The first-order chi connectivity index (χ1) is 15.9. The van der Waals surface area contributed by atoms with Crippen LogP contribution in [-0.2, 0) is 0 Å². The van der Waals surface area contributed by atoms with Crippen LogP contribution < -0.4 is 10.6 Å². The predicted molar refractivity (Wildman–Crippen MR) is 111 cm³/mol. The first-order valence-corrected chi connectivity index (χ1v) is 10.1. The lowest BCUT2D eigenvalue weighted by molar-refractivity contribution is 0.0667. The quantitative estimate of drug-likeness (QED) is 0.611. The molecule has 3 heterocycles. The second-order valence-electron chi connectivity index (χ2n) is 7.35. The van der Waals surface area contributed by atoms with E-state index in [1.807, 2.05) is 0 Å². The van der Waals surface area contributed by atoms with Crippen LogP contribution in [0.4, 0.5) is 14.6 Å². The number of nitrogens with zero attached hydrogens (tertiary/aromatic N) is 3. The Bertz CT molecular complexity index is 1180. The van der Waals surface area contributed by atoms with Gasteiger partial charge in [0.25, 0.3) is 17.7 Å². The highest BCUT2D eigenvalue weighted by molar-refractivity contribution is 6.07. The molecule has 3 amide bonds. The molecule has 0 radical (unpaired) electrons. The number of hydrogen-bond donors (Lipinski definition) is 2. The van der Waals surface area contributed by atoms with E-state index < -0.39 is 29.0 Å². The Labute approximate surface area is 186 Å². The number of piperidine rings is 1. The van der Waals surface area contributed by atoms with Crippen molar-refractivity contribution in [2.45, 2.75) is 18.9 Å². The van der Waals surface area contributed by atoms with E-state index in [2.05, 4.69) is 20.6 Å². The van der Waals surface area contributed by atoms with Gasteiger partial charge in [-0.25, -0.2) is 18.7 Å². The van der Waals surface area contributed by atoms with Crippen molar-refractivity contribution < 1.29 is 27.6 Å². The Balaban J connectivity index is 1.38. The third kappa shape index (κ3) is 5.03. The summed E-state index contributed by atoms with van der Waals surface area (Å²) in [5, 5.41) is 5.17. The molecule has 1 saturated heterocycles. The molecule has 0 unspecified atom stereocenters. The van der Waals surface area contributed by atoms with E-state index in [0.29, 0.717) is 32.0 Å². The van der Waals surface area contributed by atoms with Crippen LogP contribution in [0.5, 0.6) is 0 Å². The number of benzene rings is 1. The molecule has 0 bridgehead atoms. The van der Waals surface area contributed by atoms with Crippen molar-refractivity contribution in [1.82, 2.24) is 20.2 Å². The molecule has 2 N–H and O–H groups in total. The van der Waals surface area contributed by atoms with E-state index in [0.717, 1.165) is 12.1 Å². The number of carbonyl (C=O) groups excluding carboxylic acids is 3. The first kappa shape index (κ1) is 22.1. The van der Waals surface area contributed by atoms with Gasteiger partial charge in [-0.2, -0.15) is 0 Å². The molecule has 0 atom stereocenters. The fourth-order valence-electron chi connectivity index (χ4n) is 3.48. The lowest BCUT2D eigenvalue weighted by Crippen LogP contribution is -2.46. The molecule has 1 aliphatic heterocycles. The number of rotatable bonds is 5. The molecule has 33 heavy (non-hydrogen) atoms. The molecule has 0 saturated carbocycles. The van der Waals surface area contributed by atoms with Crippen molar-refractivity contribution in [3.63, 3.8) is 0 Å². The van der Waals surface area contributed by atoms with Crippen LogP contribution in [0, 0.1) is 11.6 Å². The van der Waals surface area contributed by atoms with E-state index in [9.17, 15) is 23.2 Å². The molecular weight excluding hydrogens is 436 g/mol. The van der Waals surface area contributed by atoms with E-state index in [-0.39, 0.29) is 29.2 Å². The van der Waals surface area contributed by atoms with Gasteiger partial charge in [-0.1, -0.05) is 0 Å². The van der Waals surface area contributed by atoms with Gasteiger partial charge in [0.15, 0.2) is 17.3 Å². The van der Waals surface area contributed by atoms with Crippen LogP contribution in [0.25, 0.3) is 0 Å². The van der Waals surface area contributed by atoms with Crippen molar-refractivity contribution in [2.75, 3.05) is 18.4 Å². The summed E-state index contributed by atoms with van der Waals surface area (Å²) in [6.45, 7) is 0.858. The number of hydrogen-bond acceptors (Lipinski definition) is 6. The van der Waals surface area contributed by atoms with Gasteiger partial charge < -0.3 is 20.0 Å². The average Bonchev–Trinajstić information content (AvgIpc) is 3.34. The van der Waals surface area contributed by atoms with Gasteiger partial charge in [-0.3, -0.25) is 14.4 Å². The summed E-state index contributed by atoms with van der Waals surface area (Å²) < 4.78 is 32.1. The molecule has 0 aliphatic carbocycles. The average molecular weight is 455 g/mol. The Morgan fingerprint density at radius 2 is 1.79 bits per heavy atom. The SMILES string of the molecule is O=C(Nc1nccnc1C(=O)NC1CCN(C(=O)c2ccco2)CC1)c1ccc(F)cc1F. The van der Waals surface area contributed by atoms with Gasteiger partial charge in [0.2, 0.25) is 0 Å². The Hall–Kier alpha value is -4.15. The van der Waals surface area contributed by atoms with E-state index in [4.69, 9.17) is 4.42 Å². The van der Waals surface area contributed by atoms with E-state index in [1.165, 1.54) is 18.7 Å². The van der Waals surface area contributed by atoms with Crippen molar-refractivity contribution in [3.8, 4) is 0 Å². The minimum Gasteiger partial charge on any atom is -0.459 e. The first-order valence-electron chi connectivity index (χ1n) is 10.1. The smallest absolute Gasteiger partial charge is 0.289 e. The summed E-state index contributed by atoms with van der Waals surface area (Å²) in [7, 11) is 0.